The van der Waals surface area contributed by atoms with Gasteiger partial charge >= 0.3 is 5.97 Å². The summed E-state index contributed by atoms with van der Waals surface area (Å²) in [6.07, 6.45) is 2.56. The van der Waals surface area contributed by atoms with Crippen molar-refractivity contribution in [1.29, 1.82) is 0 Å². The van der Waals surface area contributed by atoms with E-state index in [1.54, 1.807) is 30.3 Å². The van der Waals surface area contributed by atoms with Crippen molar-refractivity contribution in [1.82, 2.24) is 9.88 Å². The summed E-state index contributed by atoms with van der Waals surface area (Å²) in [5.41, 5.74) is 7.20. The molecule has 3 rings (SSSR count). The van der Waals surface area contributed by atoms with E-state index >= 15 is 0 Å². The molecule has 27 heavy (non-hydrogen) atoms. The van der Waals surface area contributed by atoms with Crippen molar-refractivity contribution in [3.05, 3.63) is 64.0 Å². The number of carboxylic acid groups (broad SMARTS) is 1. The predicted octanol–water partition coefficient (Wildman–Crippen LogP) is 5.03. The Bertz CT molecular complexity index is 802. The number of hydrogen-bond donors (Lipinski definition) is 1. The average Bonchev–Trinajstić information content (AvgIpc) is 3.02. The van der Waals surface area contributed by atoms with E-state index in [1.807, 2.05) is 0 Å². The van der Waals surface area contributed by atoms with Crippen molar-refractivity contribution in [2.45, 2.75) is 59.9 Å². The van der Waals surface area contributed by atoms with E-state index in [9.17, 15) is 4.79 Å². The summed E-state index contributed by atoms with van der Waals surface area (Å²) in [6.45, 7) is 15.8. The Kier molecular flexibility index (Phi) is 6.77. The molecule has 0 spiro atoms. The topological polar surface area (TPSA) is 53.4 Å². The summed E-state index contributed by atoms with van der Waals surface area (Å²) in [6, 6.07) is 8.30. The van der Waals surface area contributed by atoms with Crippen LogP contribution in [0.3, 0.4) is 0 Å². The molecule has 1 atom stereocenters. The molecule has 1 fully saturated rings. The quantitative estimate of drug-likeness (QED) is 0.825. The van der Waals surface area contributed by atoms with Crippen molar-refractivity contribution in [3.8, 4) is 0 Å². The highest BCUT2D eigenvalue weighted by Crippen LogP contribution is 2.41. The molecule has 0 bridgehead atoms. The van der Waals surface area contributed by atoms with Gasteiger partial charge in [-0.1, -0.05) is 25.1 Å². The van der Waals surface area contributed by atoms with Gasteiger partial charge < -0.3 is 5.11 Å². The molecule has 1 unspecified atom stereocenters. The van der Waals surface area contributed by atoms with Crippen LogP contribution in [0.15, 0.2) is 30.3 Å². The second-order valence-corrected chi connectivity index (χ2v) is 7.54. The van der Waals surface area contributed by atoms with Gasteiger partial charge in [-0.2, -0.15) is 0 Å². The smallest absolute Gasteiger partial charge is 0.335 e. The third-order valence-corrected chi connectivity index (χ3v) is 5.91. The van der Waals surface area contributed by atoms with E-state index in [2.05, 4.69) is 46.4 Å². The van der Waals surface area contributed by atoms with Crippen LogP contribution in [0.4, 0.5) is 0 Å². The van der Waals surface area contributed by atoms with Crippen LogP contribution >= 0.6 is 0 Å². The number of hydrogen-bond acceptors (Lipinski definition) is 3. The monoisotopic (exact) mass is 368 g/mol. The highest BCUT2D eigenvalue weighted by molar-refractivity contribution is 5.87. The number of pyridine rings is 1. The summed E-state index contributed by atoms with van der Waals surface area (Å²) in [7, 11) is 0. The molecular formula is C23H32N2O2. The highest BCUT2D eigenvalue weighted by atomic mass is 16.4. The van der Waals surface area contributed by atoms with Gasteiger partial charge in [0.1, 0.15) is 0 Å². The second-order valence-electron chi connectivity index (χ2n) is 7.54. The Balaban J connectivity index is 0.000000244. The third kappa shape index (κ3) is 4.38. The Morgan fingerprint density at radius 3 is 2.26 bits per heavy atom. The number of carbonyl (C=O) groups is 1. The first-order valence-electron chi connectivity index (χ1n) is 9.70. The minimum atomic E-state index is -0.879. The van der Waals surface area contributed by atoms with Crippen molar-refractivity contribution in [2.75, 3.05) is 13.1 Å². The van der Waals surface area contributed by atoms with Crippen LogP contribution in [0.1, 0.15) is 65.1 Å². The Labute approximate surface area is 163 Å². The fraction of sp³-hybridized carbons (Fsp3) is 0.478. The molecule has 0 aliphatic carbocycles. The Morgan fingerprint density at radius 1 is 1.11 bits per heavy atom. The third-order valence-electron chi connectivity index (χ3n) is 5.91. The minimum absolute atomic E-state index is 0.189. The maximum atomic E-state index is 10.2. The molecule has 2 heterocycles. The maximum Gasteiger partial charge on any atom is 0.335 e. The van der Waals surface area contributed by atoms with Gasteiger partial charge in [0.05, 0.1) is 5.56 Å². The summed E-state index contributed by atoms with van der Waals surface area (Å²) < 4.78 is 0. The molecule has 146 valence electrons. The molecule has 0 saturated carbocycles. The maximum absolute atomic E-state index is 10.2. The number of nitrogens with zero attached hydrogens (tertiary/aromatic N) is 2. The Morgan fingerprint density at radius 2 is 1.74 bits per heavy atom. The van der Waals surface area contributed by atoms with Crippen LogP contribution in [0, 0.1) is 27.7 Å². The second kappa shape index (κ2) is 8.66. The molecule has 4 nitrogen and oxygen atoms in total. The average molecular weight is 369 g/mol. The zero-order valence-electron chi connectivity index (χ0n) is 17.5. The van der Waals surface area contributed by atoms with Crippen LogP contribution in [0.5, 0.6) is 0 Å². The lowest BCUT2D eigenvalue weighted by Gasteiger charge is -2.37. The molecule has 0 amide bonds. The number of benzene rings is 1. The van der Waals surface area contributed by atoms with E-state index in [4.69, 9.17) is 10.1 Å². The van der Waals surface area contributed by atoms with Crippen molar-refractivity contribution in [3.63, 3.8) is 0 Å². The molecule has 4 heteroatoms. The number of aromatic carboxylic acids is 1. The summed E-state index contributed by atoms with van der Waals surface area (Å²) in [5, 5.41) is 8.38. The van der Waals surface area contributed by atoms with Crippen LogP contribution in [0.25, 0.3) is 0 Å². The minimum Gasteiger partial charge on any atom is -0.478 e. The predicted molar refractivity (Wildman–Crippen MR) is 110 cm³/mol. The molecule has 1 aromatic carbocycles. The van der Waals surface area contributed by atoms with Crippen LogP contribution in [-0.2, 0) is 5.54 Å². The van der Waals surface area contributed by atoms with E-state index in [0.29, 0.717) is 5.56 Å². The number of rotatable bonds is 3. The van der Waals surface area contributed by atoms with E-state index in [-0.39, 0.29) is 5.54 Å². The number of aryl methyl sites for hydroxylation is 2. The fourth-order valence-electron chi connectivity index (χ4n) is 4.31. The van der Waals surface area contributed by atoms with Crippen molar-refractivity contribution in [2.24, 2.45) is 0 Å². The summed E-state index contributed by atoms with van der Waals surface area (Å²) >= 11 is 0. The molecular weight excluding hydrogens is 336 g/mol. The van der Waals surface area contributed by atoms with E-state index < -0.39 is 5.97 Å². The van der Waals surface area contributed by atoms with E-state index in [1.165, 1.54) is 47.5 Å². The molecule has 1 aliphatic rings. The molecule has 1 aliphatic heterocycles. The zero-order chi connectivity index (χ0) is 20.2. The van der Waals surface area contributed by atoms with Crippen LogP contribution in [0.2, 0.25) is 0 Å². The first-order valence-corrected chi connectivity index (χ1v) is 9.70. The van der Waals surface area contributed by atoms with Gasteiger partial charge in [0.25, 0.3) is 0 Å². The lowest BCUT2D eigenvalue weighted by Crippen LogP contribution is -2.40. The van der Waals surface area contributed by atoms with Gasteiger partial charge in [0.15, 0.2) is 0 Å². The first kappa shape index (κ1) is 21.1. The van der Waals surface area contributed by atoms with Gasteiger partial charge in [-0.3, -0.25) is 9.88 Å². The molecule has 1 aromatic heterocycles. The van der Waals surface area contributed by atoms with Gasteiger partial charge in [0.2, 0.25) is 0 Å². The lowest BCUT2D eigenvalue weighted by molar-refractivity contribution is 0.0697. The first-order chi connectivity index (χ1) is 12.7. The zero-order valence-corrected chi connectivity index (χ0v) is 17.5. The normalized spacial score (nSPS) is 19.5. The molecule has 1 saturated heterocycles. The van der Waals surface area contributed by atoms with Crippen molar-refractivity contribution < 1.29 is 9.90 Å². The van der Waals surface area contributed by atoms with Crippen LogP contribution < -0.4 is 0 Å². The Hall–Kier alpha value is -2.20. The largest absolute Gasteiger partial charge is 0.478 e. The SMILES string of the molecule is CCN1CCCC1(C)c1c(C)nc(C)c(C)c1C.O=C(O)c1ccccc1. The standard InChI is InChI=1S/C16H26N2.C7H6O2/c1-7-18-10-8-9-16(18,6)15-12(3)11(2)13(4)17-14(15)5;8-7(9)6-4-2-1-3-5-6/h7-10H2,1-6H3;1-5H,(H,8,9). The fourth-order valence-corrected chi connectivity index (χ4v) is 4.31. The lowest BCUT2D eigenvalue weighted by atomic mass is 9.83. The summed E-state index contributed by atoms with van der Waals surface area (Å²) in [4.78, 5) is 17.6. The van der Waals surface area contributed by atoms with Gasteiger partial charge in [-0.05, 0) is 89.4 Å². The van der Waals surface area contributed by atoms with E-state index in [0.717, 1.165) is 6.54 Å². The number of aromatic nitrogens is 1. The van der Waals surface area contributed by atoms with Gasteiger partial charge in [-0.25, -0.2) is 4.79 Å². The van der Waals surface area contributed by atoms with Gasteiger partial charge in [-0.15, -0.1) is 0 Å². The number of carboxylic acids is 1. The van der Waals surface area contributed by atoms with Crippen LogP contribution in [-0.4, -0.2) is 34.0 Å². The molecule has 2 aromatic rings. The number of likely N-dealkylation sites (tertiary alicyclic amines) is 1. The molecule has 1 N–H and O–H groups in total. The van der Waals surface area contributed by atoms with Crippen molar-refractivity contribution >= 4 is 5.97 Å². The molecule has 0 radical (unpaired) electrons. The van der Waals surface area contributed by atoms with Gasteiger partial charge in [0, 0.05) is 16.9 Å². The summed E-state index contributed by atoms with van der Waals surface area (Å²) in [5.74, 6) is -0.879. The highest BCUT2D eigenvalue weighted by Gasteiger charge is 2.39.